The molecular weight excluding hydrogens is 195 g/mol. The fourth-order valence-corrected chi connectivity index (χ4v) is 2.11. The Kier molecular flexibility index (Phi) is 2.82. The zero-order valence-corrected chi connectivity index (χ0v) is 8.32. The molecule has 2 atom stereocenters. The van der Waals surface area contributed by atoms with Crippen molar-refractivity contribution in [2.75, 3.05) is 0 Å². The zero-order valence-electron chi connectivity index (χ0n) is 8.32. The molecule has 1 fully saturated rings. The monoisotopic (exact) mass is 208 g/mol. The van der Waals surface area contributed by atoms with Crippen molar-refractivity contribution in [2.24, 2.45) is 5.92 Å². The van der Waals surface area contributed by atoms with E-state index in [9.17, 15) is 14.3 Å². The Labute approximate surface area is 87.7 Å². The molecule has 1 N–H and O–H groups in total. The molecule has 3 heteroatoms. The summed E-state index contributed by atoms with van der Waals surface area (Å²) in [6, 6.07) is 6.08. The standard InChI is InChI=1S/C12H13FO2/c13-10-6-2-1-4-8(10)12(15)9-5-3-7-11(9)14/h1-2,4,6,9,12,15H,3,5,7H2/t9-,12-/m1/s1. The molecule has 2 nitrogen and oxygen atoms in total. The van der Waals surface area contributed by atoms with Crippen molar-refractivity contribution < 1.29 is 14.3 Å². The number of Topliss-reactive ketones (excluding diaryl/α,β-unsaturated/α-hetero) is 1. The van der Waals surface area contributed by atoms with Crippen LogP contribution in [0.3, 0.4) is 0 Å². The number of ketones is 1. The molecule has 80 valence electrons. The lowest BCUT2D eigenvalue weighted by atomic mass is 9.93. The van der Waals surface area contributed by atoms with Gasteiger partial charge < -0.3 is 5.11 Å². The van der Waals surface area contributed by atoms with Crippen LogP contribution >= 0.6 is 0 Å². The van der Waals surface area contributed by atoms with E-state index in [1.54, 1.807) is 12.1 Å². The third kappa shape index (κ3) is 1.92. The summed E-state index contributed by atoms with van der Waals surface area (Å²) in [7, 11) is 0. The highest BCUT2D eigenvalue weighted by Gasteiger charge is 2.32. The second kappa shape index (κ2) is 4.11. The molecule has 15 heavy (non-hydrogen) atoms. The van der Waals surface area contributed by atoms with Crippen molar-refractivity contribution in [1.82, 2.24) is 0 Å². The molecule has 0 spiro atoms. The Balaban J connectivity index is 2.24. The van der Waals surface area contributed by atoms with Gasteiger partial charge in [0.25, 0.3) is 0 Å². The van der Waals surface area contributed by atoms with E-state index < -0.39 is 17.8 Å². The largest absolute Gasteiger partial charge is 0.388 e. The van der Waals surface area contributed by atoms with Crippen molar-refractivity contribution in [1.29, 1.82) is 0 Å². The molecule has 0 amide bonds. The number of hydrogen-bond donors (Lipinski definition) is 1. The Hall–Kier alpha value is -1.22. The van der Waals surface area contributed by atoms with Crippen molar-refractivity contribution >= 4 is 5.78 Å². The summed E-state index contributed by atoms with van der Waals surface area (Å²) in [5.41, 5.74) is 0.234. The third-order valence-corrected chi connectivity index (χ3v) is 2.96. The second-order valence-corrected chi connectivity index (χ2v) is 3.93. The minimum atomic E-state index is -0.985. The number of aliphatic hydroxyl groups is 1. The number of carbonyl (C=O) groups excluding carboxylic acids is 1. The molecule has 0 aromatic heterocycles. The third-order valence-electron chi connectivity index (χ3n) is 2.96. The zero-order chi connectivity index (χ0) is 10.8. The molecule has 0 bridgehead atoms. The summed E-state index contributed by atoms with van der Waals surface area (Å²) in [5, 5.41) is 9.91. The van der Waals surface area contributed by atoms with Crippen molar-refractivity contribution in [3.8, 4) is 0 Å². The van der Waals surface area contributed by atoms with Crippen molar-refractivity contribution in [2.45, 2.75) is 25.4 Å². The van der Waals surface area contributed by atoms with Crippen LogP contribution in [0.5, 0.6) is 0 Å². The van der Waals surface area contributed by atoms with E-state index >= 15 is 0 Å². The first kappa shape index (κ1) is 10.3. The molecule has 0 radical (unpaired) electrons. The first-order chi connectivity index (χ1) is 7.20. The summed E-state index contributed by atoms with van der Waals surface area (Å²) >= 11 is 0. The smallest absolute Gasteiger partial charge is 0.138 e. The minimum absolute atomic E-state index is 0.0470. The van der Waals surface area contributed by atoms with Crippen LogP contribution in [0.15, 0.2) is 24.3 Å². The van der Waals surface area contributed by atoms with Crippen LogP contribution in [0.4, 0.5) is 4.39 Å². The molecule has 0 unspecified atom stereocenters. The predicted octanol–water partition coefficient (Wildman–Crippen LogP) is 2.23. The lowest BCUT2D eigenvalue weighted by Crippen LogP contribution is -2.17. The van der Waals surface area contributed by atoms with Crippen LogP contribution in [-0.2, 0) is 4.79 Å². The van der Waals surface area contributed by atoms with E-state index in [4.69, 9.17) is 0 Å². The maximum Gasteiger partial charge on any atom is 0.138 e. The molecule has 2 rings (SSSR count). The summed E-state index contributed by atoms with van der Waals surface area (Å²) in [6.45, 7) is 0. The van der Waals surface area contributed by atoms with Gasteiger partial charge >= 0.3 is 0 Å². The highest BCUT2D eigenvalue weighted by atomic mass is 19.1. The minimum Gasteiger partial charge on any atom is -0.388 e. The lowest BCUT2D eigenvalue weighted by Gasteiger charge is -2.17. The fraction of sp³-hybridized carbons (Fsp3) is 0.417. The van der Waals surface area contributed by atoms with Gasteiger partial charge in [0.05, 0.1) is 6.10 Å². The quantitative estimate of drug-likeness (QED) is 0.809. The van der Waals surface area contributed by atoms with Crippen LogP contribution in [-0.4, -0.2) is 10.9 Å². The van der Waals surface area contributed by atoms with Gasteiger partial charge in [0.2, 0.25) is 0 Å². The Morgan fingerprint density at radius 3 is 2.73 bits per heavy atom. The molecule has 1 aromatic rings. The number of halogens is 1. The van der Waals surface area contributed by atoms with E-state index in [0.29, 0.717) is 12.8 Å². The Bertz CT molecular complexity index is 376. The average molecular weight is 208 g/mol. The Morgan fingerprint density at radius 2 is 2.13 bits per heavy atom. The summed E-state index contributed by atoms with van der Waals surface area (Å²) in [5.74, 6) is -0.808. The lowest BCUT2D eigenvalue weighted by molar-refractivity contribution is -0.123. The van der Waals surface area contributed by atoms with Gasteiger partial charge in [0.15, 0.2) is 0 Å². The number of carbonyl (C=O) groups is 1. The first-order valence-electron chi connectivity index (χ1n) is 5.15. The second-order valence-electron chi connectivity index (χ2n) is 3.93. The first-order valence-corrected chi connectivity index (χ1v) is 5.15. The number of rotatable bonds is 2. The summed E-state index contributed by atoms with van der Waals surface area (Å²) < 4.78 is 13.3. The number of aliphatic hydroxyl groups excluding tert-OH is 1. The van der Waals surface area contributed by atoms with Gasteiger partial charge in [-0.2, -0.15) is 0 Å². The van der Waals surface area contributed by atoms with Crippen LogP contribution < -0.4 is 0 Å². The highest BCUT2D eigenvalue weighted by molar-refractivity contribution is 5.83. The Morgan fingerprint density at radius 1 is 1.40 bits per heavy atom. The molecule has 0 saturated heterocycles. The molecular formula is C12H13FO2. The molecule has 1 saturated carbocycles. The van der Waals surface area contributed by atoms with Crippen LogP contribution in [0.25, 0.3) is 0 Å². The molecule has 0 heterocycles. The van der Waals surface area contributed by atoms with Gasteiger partial charge in [-0.1, -0.05) is 18.2 Å². The predicted molar refractivity (Wildman–Crippen MR) is 53.7 cm³/mol. The van der Waals surface area contributed by atoms with E-state index in [2.05, 4.69) is 0 Å². The van der Waals surface area contributed by atoms with Crippen molar-refractivity contribution in [3.05, 3.63) is 35.6 Å². The normalized spacial score (nSPS) is 23.1. The van der Waals surface area contributed by atoms with Gasteiger partial charge in [0.1, 0.15) is 11.6 Å². The van der Waals surface area contributed by atoms with Crippen LogP contribution in [0.1, 0.15) is 30.9 Å². The van der Waals surface area contributed by atoms with Crippen LogP contribution in [0, 0.1) is 11.7 Å². The highest BCUT2D eigenvalue weighted by Crippen LogP contribution is 2.33. The average Bonchev–Trinajstić information content (AvgIpc) is 2.64. The molecule has 1 aliphatic carbocycles. The van der Waals surface area contributed by atoms with E-state index in [0.717, 1.165) is 6.42 Å². The van der Waals surface area contributed by atoms with Crippen molar-refractivity contribution in [3.63, 3.8) is 0 Å². The number of hydrogen-bond acceptors (Lipinski definition) is 2. The van der Waals surface area contributed by atoms with Gasteiger partial charge in [-0.3, -0.25) is 4.79 Å². The van der Waals surface area contributed by atoms with Crippen LogP contribution in [0.2, 0.25) is 0 Å². The topological polar surface area (TPSA) is 37.3 Å². The van der Waals surface area contributed by atoms with Gasteiger partial charge in [-0.05, 0) is 18.9 Å². The summed E-state index contributed by atoms with van der Waals surface area (Å²) in [6.07, 6.45) is 0.987. The fourth-order valence-electron chi connectivity index (χ4n) is 2.11. The van der Waals surface area contributed by atoms with Gasteiger partial charge in [-0.25, -0.2) is 4.39 Å². The van der Waals surface area contributed by atoms with Gasteiger partial charge in [-0.15, -0.1) is 0 Å². The van der Waals surface area contributed by atoms with Gasteiger partial charge in [0, 0.05) is 17.9 Å². The number of benzene rings is 1. The van der Waals surface area contributed by atoms with E-state index in [-0.39, 0.29) is 11.3 Å². The maximum atomic E-state index is 13.3. The maximum absolute atomic E-state index is 13.3. The SMILES string of the molecule is O=C1CCC[C@H]1[C@H](O)c1ccccc1F. The summed E-state index contributed by atoms with van der Waals surface area (Å²) in [4.78, 5) is 11.4. The van der Waals surface area contributed by atoms with E-state index in [1.165, 1.54) is 12.1 Å². The molecule has 0 aliphatic heterocycles. The molecule has 1 aliphatic rings. The van der Waals surface area contributed by atoms with E-state index in [1.807, 2.05) is 0 Å². The molecule has 1 aromatic carbocycles.